The van der Waals surface area contributed by atoms with Crippen LogP contribution in [0.5, 0.6) is 0 Å². The van der Waals surface area contributed by atoms with E-state index in [2.05, 4.69) is 66.8 Å². The van der Waals surface area contributed by atoms with Crippen LogP contribution in [0.1, 0.15) is 36.8 Å². The van der Waals surface area contributed by atoms with Gasteiger partial charge < -0.3 is 15.0 Å². The number of imidazole rings is 1. The molecule has 1 aliphatic rings. The van der Waals surface area contributed by atoms with Gasteiger partial charge in [-0.3, -0.25) is 0 Å². The lowest BCUT2D eigenvalue weighted by atomic mass is 9.98. The second-order valence-corrected chi connectivity index (χ2v) is 14.4. The highest BCUT2D eigenvalue weighted by Crippen LogP contribution is 2.33. The lowest BCUT2D eigenvalue weighted by Gasteiger charge is -2.20. The van der Waals surface area contributed by atoms with E-state index in [0.717, 1.165) is 53.4 Å². The number of aromatic nitrogens is 6. The van der Waals surface area contributed by atoms with Crippen LogP contribution < -0.4 is 15.2 Å². The molecule has 3 aromatic carbocycles. The summed E-state index contributed by atoms with van der Waals surface area (Å²) in [6.45, 7) is 2.64. The van der Waals surface area contributed by atoms with Crippen molar-refractivity contribution < 1.29 is 21.9 Å². The number of aromatic amines is 1. The summed E-state index contributed by atoms with van der Waals surface area (Å²) in [6, 6.07) is 18.5. The van der Waals surface area contributed by atoms with E-state index in [1.54, 1.807) is 0 Å². The van der Waals surface area contributed by atoms with E-state index in [1.807, 2.05) is 28.8 Å². The number of halogens is 2. The Morgan fingerprint density at radius 3 is 2.43 bits per heavy atom. The number of primary sulfonamides is 1. The number of H-pyrrole nitrogens is 1. The molecule has 3 heterocycles. The molecule has 0 radical (unpaired) electrons. The molecule has 0 saturated carbocycles. The highest BCUT2D eigenvalue weighted by Gasteiger charge is 2.27. The maximum absolute atomic E-state index is 11.6. The number of benzene rings is 3. The lowest BCUT2D eigenvalue weighted by Crippen LogP contribution is -2.34. The van der Waals surface area contributed by atoms with Gasteiger partial charge in [-0.05, 0) is 40.5 Å². The third kappa shape index (κ3) is 7.81. The Bertz CT molecular complexity index is 2090. The minimum absolute atomic E-state index is 0.0143. The highest BCUT2D eigenvalue weighted by molar-refractivity contribution is 7.90. The zero-order valence-electron chi connectivity index (χ0n) is 25.0. The number of hydrogen-bond donors (Lipinski definition) is 5. The van der Waals surface area contributed by atoms with E-state index in [4.69, 9.17) is 28.3 Å². The number of anilines is 1. The van der Waals surface area contributed by atoms with Gasteiger partial charge in [0.2, 0.25) is 25.9 Å². The summed E-state index contributed by atoms with van der Waals surface area (Å²) in [4.78, 5) is 3.84. The van der Waals surface area contributed by atoms with Crippen LogP contribution in [0.15, 0.2) is 70.5 Å². The molecule has 1 aliphatic heterocycles. The quantitative estimate of drug-likeness (QED) is 0.148. The molecule has 14 nitrogen and oxygen atoms in total. The normalized spacial score (nSPS) is 13.7. The van der Waals surface area contributed by atoms with E-state index in [1.165, 1.54) is 6.07 Å². The van der Waals surface area contributed by atoms with Crippen molar-refractivity contribution in [2.75, 3.05) is 12.0 Å². The van der Waals surface area contributed by atoms with Gasteiger partial charge in [0, 0.05) is 18.5 Å². The zero-order chi connectivity index (χ0) is 33.8. The van der Waals surface area contributed by atoms with E-state index >= 15 is 0 Å². The Morgan fingerprint density at radius 1 is 1.06 bits per heavy atom. The molecule has 0 bridgehead atoms. The summed E-state index contributed by atoms with van der Waals surface area (Å²) >= 11 is 12.0. The third-order valence-electron chi connectivity index (χ3n) is 7.30. The number of aliphatic hydroxyl groups excluding tert-OH is 1. The number of tetrazole rings is 1. The number of aryl methyl sites for hydroxylation is 1. The first-order valence-electron chi connectivity index (χ1n) is 14.3. The molecular formula is C29H31Cl2N9O5S2. The predicted molar refractivity (Wildman–Crippen MR) is 178 cm³/mol. The Kier molecular flexibility index (Phi) is 10.6. The van der Waals surface area contributed by atoms with Crippen molar-refractivity contribution in [2.24, 2.45) is 5.14 Å². The minimum atomic E-state index is -4.07. The molecule has 6 rings (SSSR count). The molecule has 0 spiro atoms. The van der Waals surface area contributed by atoms with Crippen LogP contribution in [0.4, 0.5) is 5.69 Å². The molecule has 0 aliphatic carbocycles. The predicted octanol–water partition coefficient (Wildman–Crippen LogP) is 3.92. The first-order chi connectivity index (χ1) is 22.4. The molecule has 18 heteroatoms. The van der Waals surface area contributed by atoms with Gasteiger partial charge >= 0.3 is 0 Å². The number of nitrogens with zero attached hydrogens (tertiary/aromatic N) is 5. The van der Waals surface area contributed by atoms with Gasteiger partial charge in [-0.2, -0.15) is 9.94 Å². The number of nitrogens with two attached hydrogens (primary N) is 1. The monoisotopic (exact) mass is 719 g/mol. The molecule has 6 N–H and O–H groups in total. The van der Waals surface area contributed by atoms with Crippen molar-refractivity contribution in [2.45, 2.75) is 49.1 Å². The van der Waals surface area contributed by atoms with Gasteiger partial charge in [-0.25, -0.2) is 27.0 Å². The van der Waals surface area contributed by atoms with Crippen molar-refractivity contribution in [3.8, 4) is 22.5 Å². The Morgan fingerprint density at radius 2 is 1.79 bits per heavy atom. The van der Waals surface area contributed by atoms with Crippen LogP contribution >= 0.6 is 23.2 Å². The summed E-state index contributed by atoms with van der Waals surface area (Å²) < 4.78 is 49.9. The fourth-order valence-corrected chi connectivity index (χ4v) is 7.51. The van der Waals surface area contributed by atoms with E-state index in [0.29, 0.717) is 23.2 Å². The molecule has 2 aromatic heterocycles. The molecule has 0 atom stereocenters. The van der Waals surface area contributed by atoms with Gasteiger partial charge in [-0.1, -0.05) is 85.1 Å². The minimum Gasteiger partial charge on any atom is -0.390 e. The summed E-state index contributed by atoms with van der Waals surface area (Å²) in [5, 5.41) is 32.1. The number of aliphatic hydroxyl groups is 1. The van der Waals surface area contributed by atoms with Crippen molar-refractivity contribution in [3.05, 3.63) is 87.9 Å². The maximum Gasteiger partial charge on any atom is 0.244 e. The van der Waals surface area contributed by atoms with Crippen LogP contribution in [0, 0.1) is 0 Å². The Labute approximate surface area is 281 Å². The Balaban J connectivity index is 0.000000216. The number of sulfonamides is 2. The van der Waals surface area contributed by atoms with Crippen LogP contribution in [0.25, 0.3) is 22.5 Å². The van der Waals surface area contributed by atoms with Gasteiger partial charge in [0.25, 0.3) is 0 Å². The first-order valence-corrected chi connectivity index (χ1v) is 18.1. The summed E-state index contributed by atoms with van der Waals surface area (Å²) in [6.07, 6.45) is 2.95. The average Bonchev–Trinajstić information content (AvgIpc) is 3.67. The van der Waals surface area contributed by atoms with Crippen LogP contribution in [-0.2, 0) is 39.6 Å². The standard InChI is InChI=1S/C22H23ClN6O.C7H8ClN3O4S2/c1-2-3-8-20-24-21(23)19(14-30)29(20)13-15-9-11-16(12-10-15)17-6-4-5-7-18(17)22-25-27-28-26-22;8-4-1-5-7(2-6(4)16(9,12)13)17(14,15)11-3-10-5/h4-7,9-12,30H,2-3,8,13-14H2,1H3,(H,25,26,27,28);1-2,10-11H,3H2,(H2,9,12,13). The number of rotatable bonds is 9. The number of unbranched alkanes of at least 4 members (excludes halogenated alkanes) is 1. The fourth-order valence-electron chi connectivity index (χ4n) is 4.96. The van der Waals surface area contributed by atoms with Crippen molar-refractivity contribution in [3.63, 3.8) is 0 Å². The smallest absolute Gasteiger partial charge is 0.244 e. The summed E-state index contributed by atoms with van der Waals surface area (Å²) in [5.41, 5.74) is 5.03. The Hall–Kier alpha value is -3.90. The second-order valence-electron chi connectivity index (χ2n) is 10.4. The van der Waals surface area contributed by atoms with Gasteiger partial charge in [-0.15, -0.1) is 10.2 Å². The SMILES string of the molecule is CCCCc1nc(Cl)c(CO)n1Cc1ccc(-c2ccccc2-c2nn[nH]n2)cc1.NS(=O)(=O)c1cc2c(cc1Cl)NCNS2(=O)=O. The van der Waals surface area contributed by atoms with Gasteiger partial charge in [0.1, 0.15) is 15.6 Å². The molecule has 5 aromatic rings. The molecule has 0 fully saturated rings. The van der Waals surface area contributed by atoms with Crippen LogP contribution in [0.2, 0.25) is 10.2 Å². The third-order valence-corrected chi connectivity index (χ3v) is 10.4. The lowest BCUT2D eigenvalue weighted by molar-refractivity contribution is 0.271. The molecule has 0 saturated heterocycles. The number of nitrogens with one attached hydrogen (secondary N) is 3. The average molecular weight is 721 g/mol. The fraction of sp³-hybridized carbons (Fsp3) is 0.241. The van der Waals surface area contributed by atoms with E-state index in [9.17, 15) is 21.9 Å². The second kappa shape index (κ2) is 14.5. The van der Waals surface area contributed by atoms with Crippen LogP contribution in [0.3, 0.4) is 0 Å². The van der Waals surface area contributed by atoms with Gasteiger partial charge in [0.15, 0.2) is 5.15 Å². The largest absolute Gasteiger partial charge is 0.390 e. The summed E-state index contributed by atoms with van der Waals surface area (Å²) in [5.74, 6) is 1.48. The summed E-state index contributed by atoms with van der Waals surface area (Å²) in [7, 11) is -7.80. The van der Waals surface area contributed by atoms with Crippen molar-refractivity contribution in [1.29, 1.82) is 0 Å². The highest BCUT2D eigenvalue weighted by atomic mass is 35.5. The number of hydrogen-bond acceptors (Lipinski definition) is 10. The topological polar surface area (TPSA) is 211 Å². The number of fused-ring (bicyclic) bond motifs is 1. The van der Waals surface area contributed by atoms with Crippen molar-refractivity contribution in [1.82, 2.24) is 34.9 Å². The molecule has 47 heavy (non-hydrogen) atoms. The van der Waals surface area contributed by atoms with E-state index in [-0.39, 0.29) is 28.9 Å². The van der Waals surface area contributed by atoms with Crippen LogP contribution in [-0.4, -0.2) is 58.8 Å². The van der Waals surface area contributed by atoms with E-state index < -0.39 is 24.9 Å². The molecule has 248 valence electrons. The molecule has 0 unspecified atom stereocenters. The molecule has 0 amide bonds. The molecular weight excluding hydrogens is 689 g/mol. The maximum atomic E-state index is 11.6. The zero-order valence-corrected chi connectivity index (χ0v) is 28.1. The van der Waals surface area contributed by atoms with Gasteiger partial charge in [0.05, 0.1) is 29.7 Å². The first kappa shape index (κ1) is 34.4. The van der Waals surface area contributed by atoms with Crippen molar-refractivity contribution >= 4 is 48.9 Å².